The Balaban J connectivity index is 0.00000155. The summed E-state index contributed by atoms with van der Waals surface area (Å²) < 4.78 is 43.8. The molecule has 0 aliphatic heterocycles. The molecule has 1 heterocycles. The zero-order valence-corrected chi connectivity index (χ0v) is 17.1. The highest BCUT2D eigenvalue weighted by atomic mass is 35.5. The number of nitrogens with one attached hydrogen (secondary N) is 1. The molecular weight excluding hydrogens is 417 g/mol. The van der Waals surface area contributed by atoms with Gasteiger partial charge in [0.1, 0.15) is 18.1 Å². The van der Waals surface area contributed by atoms with E-state index in [2.05, 4.69) is 10.3 Å². The molecule has 0 saturated carbocycles. The van der Waals surface area contributed by atoms with Gasteiger partial charge >= 0.3 is 6.18 Å². The molecule has 0 saturated heterocycles. The van der Waals surface area contributed by atoms with E-state index >= 15 is 0 Å². The number of hydrogen-bond donors (Lipinski definition) is 1. The van der Waals surface area contributed by atoms with Crippen LogP contribution in [0.25, 0.3) is 0 Å². The second-order valence-corrected chi connectivity index (χ2v) is 6.12. The third-order valence-electron chi connectivity index (χ3n) is 3.76. The Morgan fingerprint density at radius 1 is 1.00 bits per heavy atom. The molecule has 0 radical (unpaired) electrons. The molecule has 0 bridgehead atoms. The van der Waals surface area contributed by atoms with Gasteiger partial charge in [0.05, 0.1) is 11.3 Å². The molecule has 1 N–H and O–H groups in total. The van der Waals surface area contributed by atoms with Gasteiger partial charge in [0, 0.05) is 0 Å². The van der Waals surface area contributed by atoms with Crippen LogP contribution in [0.15, 0.2) is 66.7 Å². The molecule has 0 atom stereocenters. The molecule has 3 rings (SSSR count). The fraction of sp³-hybridized carbons (Fsp3) is 0.182. The van der Waals surface area contributed by atoms with Gasteiger partial charge in [-0.1, -0.05) is 67.9 Å². The molecule has 0 aliphatic carbocycles. The number of benzene rings is 2. The van der Waals surface area contributed by atoms with E-state index in [0.29, 0.717) is 5.75 Å². The first-order valence-electron chi connectivity index (χ1n) is 9.15. The molecular formula is C22H20ClF3N2O2. The molecule has 4 nitrogen and oxygen atoms in total. The number of para-hydroxylation sites is 1. The predicted octanol–water partition coefficient (Wildman–Crippen LogP) is 6.61. The van der Waals surface area contributed by atoms with Gasteiger partial charge < -0.3 is 10.1 Å². The Morgan fingerprint density at radius 2 is 1.63 bits per heavy atom. The largest absolute Gasteiger partial charge is 0.488 e. The van der Waals surface area contributed by atoms with Crippen molar-refractivity contribution in [2.24, 2.45) is 0 Å². The van der Waals surface area contributed by atoms with Crippen molar-refractivity contribution >= 4 is 23.2 Å². The Labute approximate surface area is 177 Å². The summed E-state index contributed by atoms with van der Waals surface area (Å²) in [5.74, 6) is -0.244. The number of anilines is 1. The first-order chi connectivity index (χ1) is 14.3. The number of rotatable bonds is 5. The summed E-state index contributed by atoms with van der Waals surface area (Å²) >= 11 is 5.79. The summed E-state index contributed by atoms with van der Waals surface area (Å²) in [5.41, 5.74) is -0.0262. The maximum atomic E-state index is 12.7. The van der Waals surface area contributed by atoms with E-state index in [1.54, 1.807) is 24.3 Å². The van der Waals surface area contributed by atoms with Crippen LogP contribution in [-0.4, -0.2) is 10.9 Å². The average molecular weight is 437 g/mol. The summed E-state index contributed by atoms with van der Waals surface area (Å²) in [6.07, 6.45) is -4.62. The number of halogens is 4. The van der Waals surface area contributed by atoms with Gasteiger partial charge in [-0.2, -0.15) is 13.2 Å². The molecule has 0 fully saturated rings. The van der Waals surface area contributed by atoms with Crippen molar-refractivity contribution in [1.29, 1.82) is 0 Å². The summed E-state index contributed by atoms with van der Waals surface area (Å²) in [7, 11) is 0. The second-order valence-electron chi connectivity index (χ2n) is 5.76. The Morgan fingerprint density at radius 3 is 2.27 bits per heavy atom. The van der Waals surface area contributed by atoms with Crippen molar-refractivity contribution in [3.63, 3.8) is 0 Å². The fourth-order valence-corrected chi connectivity index (χ4v) is 2.59. The zero-order chi connectivity index (χ0) is 22.1. The lowest BCUT2D eigenvalue weighted by atomic mass is 10.1. The smallest absolute Gasteiger partial charge is 0.433 e. The van der Waals surface area contributed by atoms with Gasteiger partial charge in [-0.05, 0) is 29.8 Å². The van der Waals surface area contributed by atoms with Crippen molar-refractivity contribution in [3.05, 3.63) is 88.7 Å². The number of carbonyl (C=O) groups is 1. The molecule has 2 aromatic carbocycles. The van der Waals surface area contributed by atoms with Crippen molar-refractivity contribution in [2.45, 2.75) is 26.6 Å². The van der Waals surface area contributed by atoms with E-state index in [1.165, 1.54) is 0 Å². The van der Waals surface area contributed by atoms with Gasteiger partial charge in [0.15, 0.2) is 5.15 Å². The SMILES string of the molecule is CC.O=C(Nc1ccc(C(F)(F)F)nc1Cl)c1ccccc1OCc1ccccc1. The van der Waals surface area contributed by atoms with Crippen LogP contribution in [0.3, 0.4) is 0 Å². The summed E-state index contributed by atoms with van der Waals surface area (Å²) in [6, 6.07) is 17.7. The number of pyridine rings is 1. The van der Waals surface area contributed by atoms with Gasteiger partial charge in [0.2, 0.25) is 0 Å². The fourth-order valence-electron chi connectivity index (χ4n) is 2.39. The second kappa shape index (κ2) is 10.6. The summed E-state index contributed by atoms with van der Waals surface area (Å²) in [5, 5.41) is 2.01. The van der Waals surface area contributed by atoms with E-state index in [9.17, 15) is 18.0 Å². The lowest BCUT2D eigenvalue weighted by Gasteiger charge is -2.13. The molecule has 158 valence electrons. The maximum absolute atomic E-state index is 12.7. The molecule has 30 heavy (non-hydrogen) atoms. The van der Waals surface area contributed by atoms with Crippen LogP contribution in [-0.2, 0) is 12.8 Å². The Bertz CT molecular complexity index is 980. The van der Waals surface area contributed by atoms with E-state index in [-0.39, 0.29) is 17.9 Å². The molecule has 0 spiro atoms. The highest BCUT2D eigenvalue weighted by Gasteiger charge is 2.33. The minimum Gasteiger partial charge on any atom is -0.488 e. The van der Waals surface area contributed by atoms with Crippen molar-refractivity contribution in [1.82, 2.24) is 4.98 Å². The van der Waals surface area contributed by atoms with Crippen molar-refractivity contribution in [3.8, 4) is 5.75 Å². The van der Waals surface area contributed by atoms with Crippen LogP contribution in [0.4, 0.5) is 18.9 Å². The van der Waals surface area contributed by atoms with Crippen LogP contribution in [0.2, 0.25) is 5.15 Å². The first kappa shape index (κ1) is 23.2. The highest BCUT2D eigenvalue weighted by Crippen LogP contribution is 2.31. The topological polar surface area (TPSA) is 51.2 Å². The average Bonchev–Trinajstić information content (AvgIpc) is 2.75. The minimum atomic E-state index is -4.62. The van der Waals surface area contributed by atoms with E-state index < -0.39 is 22.9 Å². The maximum Gasteiger partial charge on any atom is 0.433 e. The van der Waals surface area contributed by atoms with E-state index in [4.69, 9.17) is 16.3 Å². The summed E-state index contributed by atoms with van der Waals surface area (Å²) in [4.78, 5) is 15.9. The standard InChI is InChI=1S/C20H14ClF3N2O2.C2H6/c21-18-15(10-11-17(26-18)20(22,23)24)25-19(27)14-8-4-5-9-16(14)28-12-13-6-2-1-3-7-13;1-2/h1-11H,12H2,(H,25,27);1-2H3. The zero-order valence-electron chi connectivity index (χ0n) is 16.3. The number of aromatic nitrogens is 1. The van der Waals surface area contributed by atoms with Gasteiger partial charge in [0.25, 0.3) is 5.91 Å². The number of alkyl halides is 3. The number of hydrogen-bond acceptors (Lipinski definition) is 3. The van der Waals surface area contributed by atoms with Crippen LogP contribution < -0.4 is 10.1 Å². The van der Waals surface area contributed by atoms with Crippen molar-refractivity contribution in [2.75, 3.05) is 5.32 Å². The van der Waals surface area contributed by atoms with Gasteiger partial charge in [-0.3, -0.25) is 4.79 Å². The predicted molar refractivity (Wildman–Crippen MR) is 111 cm³/mol. The molecule has 1 aromatic heterocycles. The third kappa shape index (κ3) is 6.22. The van der Waals surface area contributed by atoms with E-state index in [0.717, 1.165) is 17.7 Å². The number of carbonyl (C=O) groups excluding carboxylic acids is 1. The normalized spacial score (nSPS) is 10.6. The number of nitrogens with zero attached hydrogens (tertiary/aromatic N) is 1. The van der Waals surface area contributed by atoms with Crippen LogP contribution in [0.1, 0.15) is 35.5 Å². The van der Waals surface area contributed by atoms with Crippen molar-refractivity contribution < 1.29 is 22.7 Å². The molecule has 3 aromatic rings. The van der Waals surface area contributed by atoms with E-state index in [1.807, 2.05) is 44.2 Å². The molecule has 0 unspecified atom stereocenters. The monoisotopic (exact) mass is 436 g/mol. The highest BCUT2D eigenvalue weighted by molar-refractivity contribution is 6.32. The first-order valence-corrected chi connectivity index (χ1v) is 9.53. The minimum absolute atomic E-state index is 0.0301. The Kier molecular flexibility index (Phi) is 8.24. The summed E-state index contributed by atoms with van der Waals surface area (Å²) in [6.45, 7) is 4.26. The van der Waals surface area contributed by atoms with Crippen LogP contribution in [0, 0.1) is 0 Å². The third-order valence-corrected chi connectivity index (χ3v) is 4.04. The lowest BCUT2D eigenvalue weighted by molar-refractivity contribution is -0.141. The van der Waals surface area contributed by atoms with Crippen LogP contribution >= 0.6 is 11.6 Å². The van der Waals surface area contributed by atoms with Gasteiger partial charge in [-0.25, -0.2) is 4.98 Å². The molecule has 1 amide bonds. The molecule has 8 heteroatoms. The van der Waals surface area contributed by atoms with Gasteiger partial charge in [-0.15, -0.1) is 0 Å². The number of amides is 1. The molecule has 0 aliphatic rings. The lowest BCUT2D eigenvalue weighted by Crippen LogP contribution is -2.15. The number of ether oxygens (including phenoxy) is 1. The Hall–Kier alpha value is -3.06. The quantitative estimate of drug-likeness (QED) is 0.458. The van der Waals surface area contributed by atoms with Crippen LogP contribution in [0.5, 0.6) is 5.75 Å².